The number of rotatable bonds is 7. The third-order valence-corrected chi connectivity index (χ3v) is 1.76. The summed E-state index contributed by atoms with van der Waals surface area (Å²) in [6, 6.07) is 0. The molecule has 0 aliphatic heterocycles. The van der Waals surface area contributed by atoms with Crippen LogP contribution in [-0.4, -0.2) is 23.3 Å². The summed E-state index contributed by atoms with van der Waals surface area (Å²) in [5.41, 5.74) is -1.17. The van der Waals surface area contributed by atoms with Crippen molar-refractivity contribution in [3.63, 3.8) is 0 Å². The molecule has 0 aromatic carbocycles. The van der Waals surface area contributed by atoms with Crippen molar-refractivity contribution in [2.45, 2.75) is 25.4 Å². The maximum atomic E-state index is 11.0. The van der Waals surface area contributed by atoms with Crippen molar-refractivity contribution in [2.75, 3.05) is 6.61 Å². The summed E-state index contributed by atoms with van der Waals surface area (Å²) in [4.78, 5) is 11.0. The SMILES string of the molecule is C=CCC(CC=C)(OCC)C(=O)O.[H-].[Na+]. The standard InChI is InChI=1S/C10H16O3.Na.H/c1-4-7-10(8-5-2,9(11)12)13-6-3;;/h4-5H,1-2,6-8H2,3H3,(H,11,12);;/q;+1;-1. The summed E-state index contributed by atoms with van der Waals surface area (Å²) in [5, 5.41) is 9.00. The van der Waals surface area contributed by atoms with E-state index in [4.69, 9.17) is 9.84 Å². The van der Waals surface area contributed by atoms with Gasteiger partial charge in [0.25, 0.3) is 0 Å². The normalized spacial score (nSPS) is 10.1. The number of hydrogen-bond acceptors (Lipinski definition) is 2. The van der Waals surface area contributed by atoms with Crippen molar-refractivity contribution in [3.8, 4) is 0 Å². The van der Waals surface area contributed by atoms with Crippen LogP contribution in [0.3, 0.4) is 0 Å². The molecule has 0 aromatic rings. The van der Waals surface area contributed by atoms with Gasteiger partial charge >= 0.3 is 35.5 Å². The Balaban J connectivity index is -0.000000720. The van der Waals surface area contributed by atoms with Gasteiger partial charge in [-0.05, 0) is 6.92 Å². The van der Waals surface area contributed by atoms with Gasteiger partial charge in [-0.2, -0.15) is 0 Å². The molecule has 0 aromatic heterocycles. The van der Waals surface area contributed by atoms with E-state index in [1.54, 1.807) is 19.1 Å². The van der Waals surface area contributed by atoms with Crippen LogP contribution in [0.4, 0.5) is 0 Å². The Labute approximate surface area is 109 Å². The summed E-state index contributed by atoms with van der Waals surface area (Å²) in [6.45, 7) is 9.17. The molecule has 1 N–H and O–H groups in total. The molecule has 4 heteroatoms. The molecular weight excluding hydrogens is 191 g/mol. The predicted octanol–water partition coefficient (Wildman–Crippen LogP) is -0.885. The van der Waals surface area contributed by atoms with Crippen LogP contribution < -0.4 is 29.6 Å². The van der Waals surface area contributed by atoms with E-state index in [0.29, 0.717) is 19.4 Å². The molecule has 0 atom stereocenters. The first-order chi connectivity index (χ1) is 6.13. The first-order valence-corrected chi connectivity index (χ1v) is 4.22. The molecule has 0 heterocycles. The number of hydrogen-bond donors (Lipinski definition) is 1. The minimum atomic E-state index is -1.17. The van der Waals surface area contributed by atoms with Crippen LogP contribution in [0.2, 0.25) is 0 Å². The van der Waals surface area contributed by atoms with Crippen LogP contribution >= 0.6 is 0 Å². The Bertz CT molecular complexity index is 197. The first kappa shape index (κ1) is 16.3. The monoisotopic (exact) mass is 208 g/mol. The van der Waals surface area contributed by atoms with Gasteiger partial charge < -0.3 is 11.3 Å². The Morgan fingerprint density at radius 2 is 1.93 bits per heavy atom. The van der Waals surface area contributed by atoms with Crippen molar-refractivity contribution in [1.29, 1.82) is 0 Å². The van der Waals surface area contributed by atoms with Gasteiger partial charge in [0.05, 0.1) is 0 Å². The van der Waals surface area contributed by atoms with Crippen LogP contribution in [0, 0.1) is 0 Å². The molecule has 0 saturated heterocycles. The van der Waals surface area contributed by atoms with Crippen LogP contribution in [0.1, 0.15) is 21.2 Å². The second-order valence-electron chi connectivity index (χ2n) is 2.72. The molecular formula is C10H17NaO3. The van der Waals surface area contributed by atoms with Crippen molar-refractivity contribution < 1.29 is 45.6 Å². The molecule has 14 heavy (non-hydrogen) atoms. The summed E-state index contributed by atoms with van der Waals surface area (Å²) in [7, 11) is 0. The van der Waals surface area contributed by atoms with Gasteiger partial charge in [0, 0.05) is 19.4 Å². The van der Waals surface area contributed by atoms with Gasteiger partial charge in [0.2, 0.25) is 0 Å². The second kappa shape index (κ2) is 8.24. The fourth-order valence-corrected chi connectivity index (χ4v) is 1.18. The largest absolute Gasteiger partial charge is 1.00 e. The average molecular weight is 208 g/mol. The molecule has 0 saturated carbocycles. The zero-order chi connectivity index (χ0) is 10.3. The fraction of sp³-hybridized carbons (Fsp3) is 0.500. The molecule has 0 fully saturated rings. The van der Waals surface area contributed by atoms with Gasteiger partial charge in [0.15, 0.2) is 5.60 Å². The van der Waals surface area contributed by atoms with Crippen molar-refractivity contribution in [3.05, 3.63) is 25.3 Å². The number of carboxylic acids is 1. The first-order valence-electron chi connectivity index (χ1n) is 4.22. The predicted molar refractivity (Wildman–Crippen MR) is 52.7 cm³/mol. The van der Waals surface area contributed by atoms with Crippen LogP contribution in [0.25, 0.3) is 0 Å². The fourth-order valence-electron chi connectivity index (χ4n) is 1.18. The molecule has 0 amide bonds. The zero-order valence-electron chi connectivity index (χ0n) is 9.95. The number of carbonyl (C=O) groups is 1. The summed E-state index contributed by atoms with van der Waals surface area (Å²) in [5.74, 6) is -0.964. The van der Waals surface area contributed by atoms with Crippen LogP contribution in [0.5, 0.6) is 0 Å². The molecule has 0 unspecified atom stereocenters. The van der Waals surface area contributed by atoms with Gasteiger partial charge in [-0.1, -0.05) is 12.2 Å². The number of carboxylic acid groups (broad SMARTS) is 1. The quantitative estimate of drug-likeness (QED) is 0.436. The third-order valence-electron chi connectivity index (χ3n) is 1.76. The van der Waals surface area contributed by atoms with E-state index < -0.39 is 11.6 Å². The van der Waals surface area contributed by atoms with Crippen molar-refractivity contribution in [1.82, 2.24) is 0 Å². The Hall–Kier alpha value is -0.0900. The summed E-state index contributed by atoms with van der Waals surface area (Å²) in [6.07, 6.45) is 3.69. The van der Waals surface area contributed by atoms with E-state index in [-0.39, 0.29) is 31.0 Å². The average Bonchev–Trinajstić information content (AvgIpc) is 2.05. The van der Waals surface area contributed by atoms with E-state index in [2.05, 4.69) is 13.2 Å². The zero-order valence-corrected chi connectivity index (χ0v) is 11.0. The Morgan fingerprint density at radius 3 is 2.14 bits per heavy atom. The summed E-state index contributed by atoms with van der Waals surface area (Å²) >= 11 is 0. The Kier molecular flexibility index (Phi) is 9.62. The van der Waals surface area contributed by atoms with Gasteiger partial charge in [-0.3, -0.25) is 0 Å². The molecule has 0 spiro atoms. The molecule has 0 radical (unpaired) electrons. The van der Waals surface area contributed by atoms with Gasteiger partial charge in [-0.25, -0.2) is 4.79 Å². The van der Waals surface area contributed by atoms with E-state index in [1.165, 1.54) is 0 Å². The molecule has 0 aliphatic rings. The number of aliphatic carboxylic acids is 1. The molecule has 0 aliphatic carbocycles. The van der Waals surface area contributed by atoms with Crippen LogP contribution in [-0.2, 0) is 9.53 Å². The van der Waals surface area contributed by atoms with E-state index in [9.17, 15) is 4.79 Å². The number of ether oxygens (including phenoxy) is 1. The third kappa shape index (κ3) is 4.42. The van der Waals surface area contributed by atoms with Gasteiger partial charge in [0.1, 0.15) is 0 Å². The minimum Gasteiger partial charge on any atom is -1.00 e. The minimum absolute atomic E-state index is 0. The second-order valence-corrected chi connectivity index (χ2v) is 2.72. The van der Waals surface area contributed by atoms with E-state index in [1.807, 2.05) is 0 Å². The smallest absolute Gasteiger partial charge is 1.00 e. The van der Waals surface area contributed by atoms with E-state index in [0.717, 1.165) is 0 Å². The van der Waals surface area contributed by atoms with Gasteiger partial charge in [-0.15, -0.1) is 13.2 Å². The van der Waals surface area contributed by atoms with Crippen molar-refractivity contribution in [2.24, 2.45) is 0 Å². The Morgan fingerprint density at radius 1 is 1.50 bits per heavy atom. The molecule has 3 nitrogen and oxygen atoms in total. The molecule has 76 valence electrons. The molecule has 0 rings (SSSR count). The van der Waals surface area contributed by atoms with Crippen molar-refractivity contribution >= 4 is 5.97 Å². The summed E-state index contributed by atoms with van der Waals surface area (Å²) < 4.78 is 5.23. The topological polar surface area (TPSA) is 46.5 Å². The maximum Gasteiger partial charge on any atom is 1.00 e. The maximum absolute atomic E-state index is 11.0. The van der Waals surface area contributed by atoms with Crippen LogP contribution in [0.15, 0.2) is 25.3 Å². The molecule has 0 bridgehead atoms. The van der Waals surface area contributed by atoms with E-state index >= 15 is 0 Å².